The SMILES string of the molecule is CCC1(C)CCN(CCC(C)(NC2CC2)C(N)=O)CC1. The fourth-order valence-electron chi connectivity index (χ4n) is 3.00. The molecule has 4 heteroatoms. The van der Waals surface area contributed by atoms with Crippen LogP contribution in [0, 0.1) is 5.41 Å². The van der Waals surface area contributed by atoms with Gasteiger partial charge in [0, 0.05) is 12.6 Å². The molecule has 2 aliphatic rings. The molecule has 2 rings (SSSR count). The summed E-state index contributed by atoms with van der Waals surface area (Å²) >= 11 is 0. The summed E-state index contributed by atoms with van der Waals surface area (Å²) in [7, 11) is 0. The number of carbonyl (C=O) groups is 1. The van der Waals surface area contributed by atoms with Crippen LogP contribution >= 0.6 is 0 Å². The van der Waals surface area contributed by atoms with Crippen LogP contribution in [0.15, 0.2) is 0 Å². The summed E-state index contributed by atoms with van der Waals surface area (Å²) in [4.78, 5) is 14.2. The van der Waals surface area contributed by atoms with Crippen LogP contribution in [0.25, 0.3) is 0 Å². The van der Waals surface area contributed by atoms with Crippen molar-refractivity contribution in [3.8, 4) is 0 Å². The third-order valence-corrected chi connectivity index (χ3v) is 5.49. The molecule has 4 nitrogen and oxygen atoms in total. The first-order valence-electron chi connectivity index (χ1n) is 8.17. The molecule has 0 aromatic rings. The van der Waals surface area contributed by atoms with Gasteiger partial charge in [-0.3, -0.25) is 4.79 Å². The summed E-state index contributed by atoms with van der Waals surface area (Å²) in [6, 6.07) is 0.511. The van der Waals surface area contributed by atoms with E-state index in [2.05, 4.69) is 24.1 Å². The molecule has 1 heterocycles. The Bertz CT molecular complexity index is 346. The number of hydrogen-bond donors (Lipinski definition) is 2. The van der Waals surface area contributed by atoms with Gasteiger partial charge in [0.25, 0.3) is 0 Å². The fourth-order valence-corrected chi connectivity index (χ4v) is 3.00. The van der Waals surface area contributed by atoms with E-state index in [1.807, 2.05) is 6.92 Å². The number of nitrogens with two attached hydrogens (primary N) is 1. The second kappa shape index (κ2) is 6.02. The molecule has 0 spiro atoms. The van der Waals surface area contributed by atoms with Gasteiger partial charge >= 0.3 is 0 Å². The van der Waals surface area contributed by atoms with Crippen LogP contribution in [0.2, 0.25) is 0 Å². The monoisotopic (exact) mass is 281 g/mol. The van der Waals surface area contributed by atoms with Crippen LogP contribution in [0.5, 0.6) is 0 Å². The molecular weight excluding hydrogens is 250 g/mol. The number of nitrogens with zero attached hydrogens (tertiary/aromatic N) is 1. The predicted octanol–water partition coefficient (Wildman–Crippen LogP) is 1.88. The first-order valence-corrected chi connectivity index (χ1v) is 8.17. The van der Waals surface area contributed by atoms with E-state index < -0.39 is 5.54 Å². The van der Waals surface area contributed by atoms with Gasteiger partial charge in [0.15, 0.2) is 0 Å². The molecule has 1 atom stereocenters. The van der Waals surface area contributed by atoms with Gasteiger partial charge in [-0.05, 0) is 57.5 Å². The zero-order chi connectivity index (χ0) is 14.8. The maximum atomic E-state index is 11.7. The van der Waals surface area contributed by atoms with Gasteiger partial charge in [-0.25, -0.2) is 0 Å². The van der Waals surface area contributed by atoms with Gasteiger partial charge in [-0.15, -0.1) is 0 Å². The van der Waals surface area contributed by atoms with E-state index in [1.54, 1.807) is 0 Å². The van der Waals surface area contributed by atoms with Crippen molar-refractivity contribution >= 4 is 5.91 Å². The Hall–Kier alpha value is -0.610. The highest BCUT2D eigenvalue weighted by Crippen LogP contribution is 2.34. The van der Waals surface area contributed by atoms with Crippen LogP contribution in [0.4, 0.5) is 0 Å². The largest absolute Gasteiger partial charge is 0.368 e. The predicted molar refractivity (Wildman–Crippen MR) is 82.4 cm³/mol. The molecule has 1 aliphatic heterocycles. The van der Waals surface area contributed by atoms with Crippen molar-refractivity contribution in [3.63, 3.8) is 0 Å². The van der Waals surface area contributed by atoms with Gasteiger partial charge in [0.2, 0.25) is 5.91 Å². The Morgan fingerprint density at radius 1 is 1.40 bits per heavy atom. The highest BCUT2D eigenvalue weighted by molar-refractivity contribution is 5.84. The van der Waals surface area contributed by atoms with Crippen molar-refractivity contribution in [2.24, 2.45) is 11.1 Å². The van der Waals surface area contributed by atoms with E-state index in [0.29, 0.717) is 11.5 Å². The Labute approximate surface area is 123 Å². The Kier molecular flexibility index (Phi) is 4.75. The third-order valence-electron chi connectivity index (χ3n) is 5.49. The first kappa shape index (κ1) is 15.8. The molecule has 1 amide bonds. The minimum atomic E-state index is -0.535. The minimum Gasteiger partial charge on any atom is -0.368 e. The maximum Gasteiger partial charge on any atom is 0.237 e. The van der Waals surface area contributed by atoms with Gasteiger partial charge < -0.3 is 16.0 Å². The van der Waals surface area contributed by atoms with E-state index in [4.69, 9.17) is 5.73 Å². The lowest BCUT2D eigenvalue weighted by atomic mass is 9.78. The number of likely N-dealkylation sites (tertiary alicyclic amines) is 1. The normalized spacial score (nSPS) is 26.1. The molecule has 20 heavy (non-hydrogen) atoms. The molecule has 3 N–H and O–H groups in total. The number of nitrogens with one attached hydrogen (secondary N) is 1. The standard InChI is InChI=1S/C16H31N3O/c1-4-15(2)7-10-19(11-8-15)12-9-16(3,14(17)20)18-13-5-6-13/h13,18H,4-12H2,1-3H3,(H2,17,20). The number of hydrogen-bond acceptors (Lipinski definition) is 3. The lowest BCUT2D eigenvalue weighted by molar-refractivity contribution is -0.124. The van der Waals surface area contributed by atoms with Crippen LogP contribution in [-0.4, -0.2) is 42.0 Å². The van der Waals surface area contributed by atoms with E-state index in [1.165, 1.54) is 32.1 Å². The Morgan fingerprint density at radius 3 is 2.45 bits per heavy atom. The summed E-state index contributed by atoms with van der Waals surface area (Å²) in [5.74, 6) is -0.209. The number of primary amides is 1. The summed E-state index contributed by atoms with van der Waals surface area (Å²) < 4.78 is 0. The van der Waals surface area contributed by atoms with E-state index >= 15 is 0 Å². The molecular formula is C16H31N3O. The highest BCUT2D eigenvalue weighted by atomic mass is 16.1. The van der Waals surface area contributed by atoms with Gasteiger partial charge in [-0.1, -0.05) is 20.3 Å². The molecule has 1 aliphatic carbocycles. The van der Waals surface area contributed by atoms with Gasteiger partial charge in [0.1, 0.15) is 0 Å². The molecule has 1 saturated carbocycles. The van der Waals surface area contributed by atoms with Crippen molar-refractivity contribution < 1.29 is 4.79 Å². The number of carbonyl (C=O) groups excluding carboxylic acids is 1. The fraction of sp³-hybridized carbons (Fsp3) is 0.938. The van der Waals surface area contributed by atoms with Crippen molar-refractivity contribution in [3.05, 3.63) is 0 Å². The van der Waals surface area contributed by atoms with Gasteiger partial charge in [-0.2, -0.15) is 0 Å². The number of amides is 1. The highest BCUT2D eigenvalue weighted by Gasteiger charge is 2.37. The summed E-state index contributed by atoms with van der Waals surface area (Å²) in [5, 5.41) is 3.43. The lowest BCUT2D eigenvalue weighted by Crippen LogP contribution is -2.55. The van der Waals surface area contributed by atoms with Crippen molar-refractivity contribution in [2.75, 3.05) is 19.6 Å². The molecule has 1 saturated heterocycles. The zero-order valence-electron chi connectivity index (χ0n) is 13.4. The van der Waals surface area contributed by atoms with Crippen LogP contribution in [-0.2, 0) is 4.79 Å². The quantitative estimate of drug-likeness (QED) is 0.749. The Balaban J connectivity index is 1.80. The second-order valence-corrected chi connectivity index (χ2v) is 7.37. The van der Waals surface area contributed by atoms with Crippen molar-refractivity contribution in [1.82, 2.24) is 10.2 Å². The van der Waals surface area contributed by atoms with Gasteiger partial charge in [0.05, 0.1) is 5.54 Å². The number of piperidine rings is 1. The Morgan fingerprint density at radius 2 is 2.00 bits per heavy atom. The van der Waals surface area contributed by atoms with E-state index in [9.17, 15) is 4.79 Å². The van der Waals surface area contributed by atoms with Crippen molar-refractivity contribution in [2.45, 2.75) is 70.9 Å². The molecule has 0 aromatic carbocycles. The third kappa shape index (κ3) is 3.95. The molecule has 1 unspecified atom stereocenters. The molecule has 0 bridgehead atoms. The van der Waals surface area contributed by atoms with E-state index in [0.717, 1.165) is 26.1 Å². The average molecular weight is 281 g/mol. The minimum absolute atomic E-state index is 0.209. The first-order chi connectivity index (χ1) is 9.37. The smallest absolute Gasteiger partial charge is 0.237 e. The van der Waals surface area contributed by atoms with E-state index in [-0.39, 0.29) is 5.91 Å². The summed E-state index contributed by atoms with van der Waals surface area (Å²) in [6.45, 7) is 9.93. The second-order valence-electron chi connectivity index (χ2n) is 7.37. The molecule has 2 fully saturated rings. The average Bonchev–Trinajstić information content (AvgIpc) is 3.22. The summed E-state index contributed by atoms with van der Waals surface area (Å²) in [5.41, 5.74) is 5.60. The number of rotatable bonds is 7. The molecule has 0 aromatic heterocycles. The lowest BCUT2D eigenvalue weighted by Gasteiger charge is -2.40. The van der Waals surface area contributed by atoms with Crippen LogP contribution in [0.1, 0.15) is 59.3 Å². The zero-order valence-corrected chi connectivity index (χ0v) is 13.4. The summed E-state index contributed by atoms with van der Waals surface area (Å²) in [6.07, 6.45) is 6.99. The van der Waals surface area contributed by atoms with Crippen LogP contribution < -0.4 is 11.1 Å². The van der Waals surface area contributed by atoms with Crippen molar-refractivity contribution in [1.29, 1.82) is 0 Å². The molecule has 116 valence electrons. The molecule has 0 radical (unpaired) electrons. The van der Waals surface area contributed by atoms with Crippen LogP contribution in [0.3, 0.4) is 0 Å². The maximum absolute atomic E-state index is 11.7. The topological polar surface area (TPSA) is 58.4 Å².